The molecule has 0 radical (unpaired) electrons. The predicted molar refractivity (Wildman–Crippen MR) is 85.6 cm³/mol. The zero-order valence-corrected chi connectivity index (χ0v) is 13.8. The Morgan fingerprint density at radius 3 is 2.61 bits per heavy atom. The Bertz CT molecular complexity index is 656. The SMILES string of the molecule is C[C@H](CC(=O)OCC(=O)N[C@@H]1CCS(=O)(=O)C1)c1ccccc1. The zero-order valence-electron chi connectivity index (χ0n) is 13.0. The molecule has 1 aromatic rings. The van der Waals surface area contributed by atoms with Gasteiger partial charge in [0.2, 0.25) is 0 Å². The monoisotopic (exact) mass is 339 g/mol. The third kappa shape index (κ3) is 5.67. The van der Waals surface area contributed by atoms with E-state index in [1.165, 1.54) is 0 Å². The highest BCUT2D eigenvalue weighted by atomic mass is 32.2. The third-order valence-electron chi connectivity index (χ3n) is 3.80. The minimum absolute atomic E-state index is 0.00624. The Hall–Kier alpha value is -1.89. The molecule has 6 nitrogen and oxygen atoms in total. The minimum Gasteiger partial charge on any atom is -0.456 e. The Morgan fingerprint density at radius 1 is 1.30 bits per heavy atom. The molecule has 1 saturated heterocycles. The number of ether oxygens (including phenoxy) is 1. The number of amides is 1. The molecule has 126 valence electrons. The first-order chi connectivity index (χ1) is 10.9. The van der Waals surface area contributed by atoms with Gasteiger partial charge in [-0.3, -0.25) is 9.59 Å². The molecule has 1 heterocycles. The van der Waals surface area contributed by atoms with Gasteiger partial charge in [-0.2, -0.15) is 0 Å². The van der Waals surface area contributed by atoms with E-state index in [1.807, 2.05) is 37.3 Å². The second-order valence-corrected chi connectivity index (χ2v) is 8.07. The lowest BCUT2D eigenvalue weighted by atomic mass is 9.98. The summed E-state index contributed by atoms with van der Waals surface area (Å²) in [6.07, 6.45) is 0.599. The van der Waals surface area contributed by atoms with E-state index in [0.717, 1.165) is 5.56 Å². The number of hydrogen-bond donors (Lipinski definition) is 1. The van der Waals surface area contributed by atoms with Crippen molar-refractivity contribution in [3.05, 3.63) is 35.9 Å². The largest absolute Gasteiger partial charge is 0.456 e. The van der Waals surface area contributed by atoms with Crippen LogP contribution in [0.5, 0.6) is 0 Å². The lowest BCUT2D eigenvalue weighted by molar-refractivity contribution is -0.149. The first-order valence-electron chi connectivity index (χ1n) is 7.56. The topological polar surface area (TPSA) is 89.5 Å². The van der Waals surface area contributed by atoms with E-state index in [2.05, 4.69) is 5.32 Å². The standard InChI is InChI=1S/C16H21NO5S/c1-12(13-5-3-2-4-6-13)9-16(19)22-10-15(18)17-14-7-8-23(20,21)11-14/h2-6,12,14H,7-11H2,1H3,(H,17,18)/t12-,14-/m1/s1. The molecule has 1 aliphatic rings. The molecule has 2 atom stereocenters. The van der Waals surface area contributed by atoms with Crippen LogP contribution < -0.4 is 5.32 Å². The molecule has 2 rings (SSSR count). The molecular weight excluding hydrogens is 318 g/mol. The van der Waals surface area contributed by atoms with Crippen LogP contribution >= 0.6 is 0 Å². The normalized spacial score (nSPS) is 20.7. The number of rotatable bonds is 6. The molecular formula is C16H21NO5S. The molecule has 1 amide bonds. The molecule has 1 N–H and O–H groups in total. The lowest BCUT2D eigenvalue weighted by Crippen LogP contribution is -2.38. The van der Waals surface area contributed by atoms with E-state index in [4.69, 9.17) is 4.74 Å². The number of nitrogens with one attached hydrogen (secondary N) is 1. The molecule has 0 aliphatic carbocycles. The Labute approximate surface area is 136 Å². The number of hydrogen-bond acceptors (Lipinski definition) is 5. The molecule has 7 heteroatoms. The second kappa shape index (κ2) is 7.59. The number of sulfone groups is 1. The summed E-state index contributed by atoms with van der Waals surface area (Å²) >= 11 is 0. The zero-order chi connectivity index (χ0) is 16.9. The minimum atomic E-state index is -3.04. The summed E-state index contributed by atoms with van der Waals surface area (Å²) in [4.78, 5) is 23.5. The predicted octanol–water partition coefficient (Wildman–Crippen LogP) is 1.03. The van der Waals surface area contributed by atoms with Crippen LogP contribution in [0.2, 0.25) is 0 Å². The summed E-state index contributed by atoms with van der Waals surface area (Å²) in [5.74, 6) is -0.862. The van der Waals surface area contributed by atoms with Gasteiger partial charge in [0, 0.05) is 6.04 Å². The van der Waals surface area contributed by atoms with Crippen molar-refractivity contribution in [2.45, 2.75) is 31.7 Å². The molecule has 0 unspecified atom stereocenters. The van der Waals surface area contributed by atoms with E-state index in [0.29, 0.717) is 6.42 Å². The van der Waals surface area contributed by atoms with E-state index in [1.54, 1.807) is 0 Å². The molecule has 0 aromatic heterocycles. The highest BCUT2D eigenvalue weighted by molar-refractivity contribution is 7.91. The lowest BCUT2D eigenvalue weighted by Gasteiger charge is -2.13. The fraction of sp³-hybridized carbons (Fsp3) is 0.500. The van der Waals surface area contributed by atoms with Gasteiger partial charge in [-0.1, -0.05) is 37.3 Å². The van der Waals surface area contributed by atoms with E-state index < -0.39 is 21.7 Å². The molecule has 1 aliphatic heterocycles. The highest BCUT2D eigenvalue weighted by Crippen LogP contribution is 2.18. The van der Waals surface area contributed by atoms with Crippen molar-refractivity contribution in [2.24, 2.45) is 0 Å². The Kier molecular flexibility index (Phi) is 5.76. The quantitative estimate of drug-likeness (QED) is 0.782. The van der Waals surface area contributed by atoms with Crippen LogP contribution in [0.3, 0.4) is 0 Å². The van der Waals surface area contributed by atoms with E-state index >= 15 is 0 Å². The summed E-state index contributed by atoms with van der Waals surface area (Å²) in [5, 5.41) is 2.58. The van der Waals surface area contributed by atoms with Gasteiger partial charge in [-0.25, -0.2) is 8.42 Å². The number of benzene rings is 1. The molecule has 0 bridgehead atoms. The van der Waals surface area contributed by atoms with Crippen LogP contribution in [0.25, 0.3) is 0 Å². The van der Waals surface area contributed by atoms with Gasteiger partial charge in [-0.05, 0) is 17.9 Å². The molecule has 23 heavy (non-hydrogen) atoms. The van der Waals surface area contributed by atoms with Crippen molar-refractivity contribution >= 4 is 21.7 Å². The van der Waals surface area contributed by atoms with Gasteiger partial charge < -0.3 is 10.1 Å². The van der Waals surface area contributed by atoms with Gasteiger partial charge in [0.25, 0.3) is 5.91 Å². The summed E-state index contributed by atoms with van der Waals surface area (Å²) in [6.45, 7) is 1.54. The molecule has 0 spiro atoms. The maximum absolute atomic E-state index is 11.8. The Morgan fingerprint density at radius 2 is 2.00 bits per heavy atom. The summed E-state index contributed by atoms with van der Waals surface area (Å²) < 4.78 is 27.6. The van der Waals surface area contributed by atoms with Crippen molar-refractivity contribution in [1.82, 2.24) is 5.32 Å². The van der Waals surface area contributed by atoms with Crippen LogP contribution in [0, 0.1) is 0 Å². The van der Waals surface area contributed by atoms with Crippen molar-refractivity contribution < 1.29 is 22.7 Å². The average Bonchev–Trinajstić information content (AvgIpc) is 2.85. The fourth-order valence-electron chi connectivity index (χ4n) is 2.53. The fourth-order valence-corrected chi connectivity index (χ4v) is 4.21. The van der Waals surface area contributed by atoms with Crippen molar-refractivity contribution in [3.8, 4) is 0 Å². The second-order valence-electron chi connectivity index (χ2n) is 5.84. The van der Waals surface area contributed by atoms with Crippen molar-refractivity contribution in [2.75, 3.05) is 18.1 Å². The smallest absolute Gasteiger partial charge is 0.306 e. The van der Waals surface area contributed by atoms with Crippen LogP contribution in [-0.4, -0.2) is 44.4 Å². The number of carbonyl (C=O) groups is 2. The molecule has 1 aromatic carbocycles. The van der Waals surface area contributed by atoms with Gasteiger partial charge in [0.15, 0.2) is 16.4 Å². The third-order valence-corrected chi connectivity index (χ3v) is 5.57. The van der Waals surface area contributed by atoms with Gasteiger partial charge in [-0.15, -0.1) is 0 Å². The molecule has 1 fully saturated rings. The van der Waals surface area contributed by atoms with Crippen molar-refractivity contribution in [1.29, 1.82) is 0 Å². The highest BCUT2D eigenvalue weighted by Gasteiger charge is 2.29. The van der Waals surface area contributed by atoms with Gasteiger partial charge in [0.05, 0.1) is 17.9 Å². The maximum Gasteiger partial charge on any atom is 0.306 e. The first kappa shape index (κ1) is 17.5. The van der Waals surface area contributed by atoms with Crippen molar-refractivity contribution in [3.63, 3.8) is 0 Å². The number of carbonyl (C=O) groups excluding carboxylic acids is 2. The van der Waals surface area contributed by atoms with Crippen LogP contribution in [0.4, 0.5) is 0 Å². The Balaban J connectivity index is 1.71. The van der Waals surface area contributed by atoms with Gasteiger partial charge >= 0.3 is 5.97 Å². The molecule has 0 saturated carbocycles. The van der Waals surface area contributed by atoms with Crippen LogP contribution in [-0.2, 0) is 24.2 Å². The number of esters is 1. The summed E-state index contributed by atoms with van der Waals surface area (Å²) in [5.41, 5.74) is 1.03. The van der Waals surface area contributed by atoms with Gasteiger partial charge in [0.1, 0.15) is 0 Å². The maximum atomic E-state index is 11.8. The van der Waals surface area contributed by atoms with Crippen LogP contribution in [0.1, 0.15) is 31.2 Å². The van der Waals surface area contributed by atoms with E-state index in [-0.39, 0.29) is 36.5 Å². The van der Waals surface area contributed by atoms with Crippen LogP contribution in [0.15, 0.2) is 30.3 Å². The first-order valence-corrected chi connectivity index (χ1v) is 9.38. The summed E-state index contributed by atoms with van der Waals surface area (Å²) in [7, 11) is -3.04. The average molecular weight is 339 g/mol. The van der Waals surface area contributed by atoms with E-state index in [9.17, 15) is 18.0 Å². The summed E-state index contributed by atoms with van der Waals surface area (Å²) in [6, 6.07) is 9.20.